The molecule has 0 atom stereocenters. The van der Waals surface area contributed by atoms with Crippen molar-refractivity contribution in [3.8, 4) is 11.5 Å². The number of nitrogens with one attached hydrogen (secondary N) is 1. The van der Waals surface area contributed by atoms with Crippen LogP contribution in [0.3, 0.4) is 0 Å². The van der Waals surface area contributed by atoms with Crippen LogP contribution in [0.1, 0.15) is 48.4 Å². The predicted molar refractivity (Wildman–Crippen MR) is 123 cm³/mol. The van der Waals surface area contributed by atoms with Crippen LogP contribution in [-0.2, 0) is 6.42 Å². The highest BCUT2D eigenvalue weighted by atomic mass is 16.5. The molecule has 4 rings (SSSR count). The number of aromatic nitrogens is 2. The molecule has 0 aliphatic heterocycles. The number of anilines is 1. The van der Waals surface area contributed by atoms with Crippen LogP contribution >= 0.6 is 0 Å². The lowest BCUT2D eigenvalue weighted by Gasteiger charge is -2.19. The second kappa shape index (κ2) is 8.68. The second-order valence-corrected chi connectivity index (χ2v) is 8.52. The zero-order valence-corrected chi connectivity index (χ0v) is 19.3. The lowest BCUT2D eigenvalue weighted by Crippen LogP contribution is -2.29. The number of carbonyl (C=O) groups is 1. The Hall–Kier alpha value is -3.29. The normalized spacial score (nSPS) is 14.3. The summed E-state index contributed by atoms with van der Waals surface area (Å²) in [6.07, 6.45) is 4.30. The van der Waals surface area contributed by atoms with Gasteiger partial charge in [-0.1, -0.05) is 6.07 Å². The van der Waals surface area contributed by atoms with Crippen LogP contribution < -0.4 is 14.8 Å². The standard InChI is InChI=1S/C24H30N4O4/c1-6-31-18-13-16(7-8-17(18)30-5)9-12-28(4)23(29)19-15(2)32-22-20(19)21(25-14-26-22)27-24(3)10-11-24/h7-8,13-14H,6,9-12H2,1-5H3,(H,25,26,27). The summed E-state index contributed by atoms with van der Waals surface area (Å²) in [5, 5.41) is 4.11. The SMILES string of the molecule is CCOc1cc(CCN(C)C(=O)c2c(C)oc3ncnc(NC4(C)CC4)c23)ccc1OC. The summed E-state index contributed by atoms with van der Waals surface area (Å²) in [6, 6.07) is 5.85. The third-order valence-corrected chi connectivity index (χ3v) is 5.91. The molecule has 8 nitrogen and oxygen atoms in total. The minimum atomic E-state index is -0.112. The summed E-state index contributed by atoms with van der Waals surface area (Å²) in [4.78, 5) is 23.8. The summed E-state index contributed by atoms with van der Waals surface area (Å²) in [7, 11) is 3.42. The minimum absolute atomic E-state index is 0.0192. The lowest BCUT2D eigenvalue weighted by atomic mass is 10.1. The van der Waals surface area contributed by atoms with Gasteiger partial charge in [0, 0.05) is 19.1 Å². The zero-order chi connectivity index (χ0) is 22.9. The molecule has 1 amide bonds. The van der Waals surface area contributed by atoms with Crippen molar-refractivity contribution in [3.63, 3.8) is 0 Å². The summed E-state index contributed by atoms with van der Waals surface area (Å²) < 4.78 is 16.8. The van der Waals surface area contributed by atoms with Gasteiger partial charge in [0.1, 0.15) is 17.9 Å². The molecule has 0 spiro atoms. The number of carbonyl (C=O) groups excluding carboxylic acids is 1. The molecule has 3 aromatic rings. The van der Waals surface area contributed by atoms with E-state index in [2.05, 4.69) is 22.2 Å². The quantitative estimate of drug-likeness (QED) is 0.535. The number of hydrogen-bond acceptors (Lipinski definition) is 7. The van der Waals surface area contributed by atoms with Gasteiger partial charge < -0.3 is 24.1 Å². The highest BCUT2D eigenvalue weighted by Gasteiger charge is 2.38. The Morgan fingerprint density at radius 2 is 2.06 bits per heavy atom. The Labute approximate surface area is 187 Å². The van der Waals surface area contributed by atoms with Crippen molar-refractivity contribution in [1.29, 1.82) is 0 Å². The number of furan rings is 1. The van der Waals surface area contributed by atoms with Crippen molar-refractivity contribution < 1.29 is 18.7 Å². The third-order valence-electron chi connectivity index (χ3n) is 5.91. The van der Waals surface area contributed by atoms with Crippen LogP contribution in [0, 0.1) is 6.92 Å². The molecule has 2 heterocycles. The van der Waals surface area contributed by atoms with Gasteiger partial charge in [-0.25, -0.2) is 9.97 Å². The molecule has 0 saturated heterocycles. The van der Waals surface area contributed by atoms with E-state index in [1.54, 1.807) is 26.0 Å². The molecule has 170 valence electrons. The first kappa shape index (κ1) is 21.9. The van der Waals surface area contributed by atoms with E-state index in [1.165, 1.54) is 6.33 Å². The fraction of sp³-hybridized carbons (Fsp3) is 0.458. The maximum absolute atomic E-state index is 13.4. The molecular formula is C24H30N4O4. The summed E-state index contributed by atoms with van der Waals surface area (Å²) >= 11 is 0. The monoisotopic (exact) mass is 438 g/mol. The number of aryl methyl sites for hydroxylation is 1. The maximum atomic E-state index is 13.4. The molecule has 0 radical (unpaired) electrons. The van der Waals surface area contributed by atoms with Crippen molar-refractivity contribution in [3.05, 3.63) is 41.4 Å². The number of methoxy groups -OCH3 is 1. The predicted octanol–water partition coefficient (Wildman–Crippen LogP) is 4.22. The van der Waals surface area contributed by atoms with Gasteiger partial charge in [0.25, 0.3) is 5.91 Å². The van der Waals surface area contributed by atoms with E-state index >= 15 is 0 Å². The van der Waals surface area contributed by atoms with E-state index in [4.69, 9.17) is 13.9 Å². The van der Waals surface area contributed by atoms with Crippen molar-refractivity contribution in [2.24, 2.45) is 0 Å². The van der Waals surface area contributed by atoms with Crippen LogP contribution in [0.5, 0.6) is 11.5 Å². The Morgan fingerprint density at radius 1 is 1.28 bits per heavy atom. The third kappa shape index (κ3) is 4.35. The highest BCUT2D eigenvalue weighted by molar-refractivity contribution is 6.10. The number of ether oxygens (including phenoxy) is 2. The molecular weight excluding hydrogens is 408 g/mol. The van der Waals surface area contributed by atoms with Gasteiger partial charge in [0.15, 0.2) is 11.5 Å². The van der Waals surface area contributed by atoms with E-state index in [0.717, 1.165) is 18.4 Å². The number of amides is 1. The highest BCUT2D eigenvalue weighted by Crippen LogP contribution is 2.40. The molecule has 8 heteroatoms. The van der Waals surface area contributed by atoms with Crippen LogP contribution in [0.4, 0.5) is 5.82 Å². The first-order valence-electron chi connectivity index (χ1n) is 10.9. The lowest BCUT2D eigenvalue weighted by molar-refractivity contribution is 0.0796. The van der Waals surface area contributed by atoms with Gasteiger partial charge >= 0.3 is 0 Å². The average Bonchev–Trinajstić information content (AvgIpc) is 3.39. The molecule has 1 aliphatic carbocycles. The van der Waals surface area contributed by atoms with Crippen molar-refractivity contribution in [2.75, 3.05) is 32.6 Å². The number of fused-ring (bicyclic) bond motifs is 1. The van der Waals surface area contributed by atoms with Crippen LogP contribution in [0.25, 0.3) is 11.1 Å². The second-order valence-electron chi connectivity index (χ2n) is 8.52. The molecule has 2 aromatic heterocycles. The molecule has 0 unspecified atom stereocenters. The minimum Gasteiger partial charge on any atom is -0.493 e. The molecule has 32 heavy (non-hydrogen) atoms. The van der Waals surface area contributed by atoms with Gasteiger partial charge in [-0.15, -0.1) is 0 Å². The topological polar surface area (TPSA) is 89.7 Å². The maximum Gasteiger partial charge on any atom is 0.257 e. The molecule has 1 fully saturated rings. The summed E-state index contributed by atoms with van der Waals surface area (Å²) in [5.74, 6) is 2.49. The average molecular weight is 439 g/mol. The number of likely N-dealkylation sites (N-methyl/N-ethyl adjacent to an activating group) is 1. The van der Waals surface area contributed by atoms with Crippen LogP contribution in [0.15, 0.2) is 28.9 Å². The molecule has 1 aromatic carbocycles. The molecule has 0 bridgehead atoms. The molecule has 1 aliphatic rings. The fourth-order valence-electron chi connectivity index (χ4n) is 3.73. The largest absolute Gasteiger partial charge is 0.493 e. The first-order chi connectivity index (χ1) is 15.3. The fourth-order valence-corrected chi connectivity index (χ4v) is 3.73. The Balaban J connectivity index is 1.54. The van der Waals surface area contributed by atoms with E-state index in [9.17, 15) is 4.79 Å². The number of benzene rings is 1. The van der Waals surface area contributed by atoms with E-state index in [-0.39, 0.29) is 11.4 Å². The van der Waals surface area contributed by atoms with Gasteiger partial charge in [-0.05, 0) is 57.7 Å². The van der Waals surface area contributed by atoms with Crippen LogP contribution in [0.2, 0.25) is 0 Å². The van der Waals surface area contributed by atoms with Gasteiger partial charge in [0.2, 0.25) is 5.71 Å². The van der Waals surface area contributed by atoms with Crippen molar-refractivity contribution in [1.82, 2.24) is 14.9 Å². The number of nitrogens with zero attached hydrogens (tertiary/aromatic N) is 3. The van der Waals surface area contributed by atoms with Gasteiger partial charge in [0.05, 0.1) is 24.7 Å². The summed E-state index contributed by atoms with van der Waals surface area (Å²) in [5.41, 5.74) is 2.03. The van der Waals surface area contributed by atoms with E-state index in [0.29, 0.717) is 59.3 Å². The molecule has 1 N–H and O–H groups in total. The Bertz CT molecular complexity index is 1140. The van der Waals surface area contributed by atoms with E-state index < -0.39 is 0 Å². The zero-order valence-electron chi connectivity index (χ0n) is 19.3. The smallest absolute Gasteiger partial charge is 0.257 e. The van der Waals surface area contributed by atoms with Gasteiger partial charge in [-0.2, -0.15) is 0 Å². The van der Waals surface area contributed by atoms with E-state index in [1.807, 2.05) is 25.1 Å². The summed E-state index contributed by atoms with van der Waals surface area (Å²) in [6.45, 7) is 6.97. The first-order valence-corrected chi connectivity index (χ1v) is 10.9. The van der Waals surface area contributed by atoms with Crippen molar-refractivity contribution in [2.45, 2.75) is 45.6 Å². The Kier molecular flexibility index (Phi) is 5.95. The van der Waals surface area contributed by atoms with Crippen LogP contribution in [-0.4, -0.2) is 53.6 Å². The van der Waals surface area contributed by atoms with Crippen molar-refractivity contribution >= 4 is 22.8 Å². The number of rotatable bonds is 9. The number of hydrogen-bond donors (Lipinski definition) is 1. The Morgan fingerprint density at radius 3 is 2.75 bits per heavy atom. The molecule has 1 saturated carbocycles. The van der Waals surface area contributed by atoms with Gasteiger partial charge in [-0.3, -0.25) is 4.79 Å².